The maximum Gasteiger partial charge on any atom is 0.319 e. The van der Waals surface area contributed by atoms with Crippen LogP contribution in [0.4, 0.5) is 15.9 Å². The fraction of sp³-hybridized carbons (Fsp3) is 0.308. The molecular weight excluding hydrogens is 483 g/mol. The first-order valence-corrected chi connectivity index (χ1v) is 12.4. The highest BCUT2D eigenvalue weighted by atomic mass is 32.2. The van der Waals surface area contributed by atoms with E-state index >= 15 is 0 Å². The Kier molecular flexibility index (Phi) is 8.87. The lowest BCUT2D eigenvalue weighted by molar-refractivity contribution is -0.146. The standard InChI is InChI=1S/C26H29FN4O4S/c1-17(36-16-24(33)28-19-12-10-18(27)11-13-19)25(34)35-15-23(32)29-22-14-21(26(2,3)4)30-31(22)20-8-6-5-7-9-20/h5-14,17H,15-16H2,1-4H3,(H,28,33)(H,29,32)/t17-/m1/s1. The molecule has 2 N–H and O–H groups in total. The van der Waals surface area contributed by atoms with Gasteiger partial charge in [-0.2, -0.15) is 5.10 Å². The second-order valence-electron chi connectivity index (χ2n) is 9.08. The Morgan fingerprint density at radius 1 is 1.03 bits per heavy atom. The lowest BCUT2D eigenvalue weighted by atomic mass is 9.92. The molecule has 0 unspecified atom stereocenters. The van der Waals surface area contributed by atoms with Gasteiger partial charge in [0.15, 0.2) is 6.61 Å². The van der Waals surface area contributed by atoms with E-state index in [1.807, 2.05) is 51.1 Å². The molecule has 0 saturated carbocycles. The van der Waals surface area contributed by atoms with E-state index in [4.69, 9.17) is 4.74 Å². The quantitative estimate of drug-likeness (QED) is 0.408. The third-order valence-electron chi connectivity index (χ3n) is 5.02. The number of anilines is 2. The van der Waals surface area contributed by atoms with Crippen molar-refractivity contribution in [2.75, 3.05) is 23.0 Å². The molecule has 0 aliphatic rings. The number of halogens is 1. The zero-order valence-corrected chi connectivity index (χ0v) is 21.4. The summed E-state index contributed by atoms with van der Waals surface area (Å²) in [6.07, 6.45) is 0. The molecule has 1 atom stereocenters. The van der Waals surface area contributed by atoms with Gasteiger partial charge in [0, 0.05) is 17.2 Å². The molecule has 3 rings (SSSR count). The molecule has 190 valence electrons. The summed E-state index contributed by atoms with van der Waals surface area (Å²) in [6.45, 7) is 7.19. The summed E-state index contributed by atoms with van der Waals surface area (Å²) in [4.78, 5) is 36.9. The smallest absolute Gasteiger partial charge is 0.319 e. The van der Waals surface area contributed by atoms with Gasteiger partial charge < -0.3 is 15.4 Å². The van der Waals surface area contributed by atoms with Crippen LogP contribution in [-0.4, -0.2) is 45.2 Å². The first-order valence-electron chi connectivity index (χ1n) is 11.3. The molecule has 8 nitrogen and oxygen atoms in total. The summed E-state index contributed by atoms with van der Waals surface area (Å²) in [5.74, 6) is -1.41. The highest BCUT2D eigenvalue weighted by Gasteiger charge is 2.22. The lowest BCUT2D eigenvalue weighted by Gasteiger charge is -2.14. The van der Waals surface area contributed by atoms with Crippen LogP contribution in [0, 0.1) is 5.82 Å². The van der Waals surface area contributed by atoms with Crippen molar-refractivity contribution in [2.24, 2.45) is 0 Å². The predicted molar refractivity (Wildman–Crippen MR) is 139 cm³/mol. The largest absolute Gasteiger partial charge is 0.455 e. The number of rotatable bonds is 9. The maximum absolute atomic E-state index is 13.0. The van der Waals surface area contributed by atoms with Crippen molar-refractivity contribution in [2.45, 2.75) is 38.4 Å². The molecule has 0 spiro atoms. The highest BCUT2D eigenvalue weighted by Crippen LogP contribution is 2.26. The molecule has 2 aromatic carbocycles. The molecule has 0 radical (unpaired) electrons. The molecule has 0 saturated heterocycles. The Morgan fingerprint density at radius 2 is 1.69 bits per heavy atom. The van der Waals surface area contributed by atoms with Crippen molar-refractivity contribution >= 4 is 41.1 Å². The van der Waals surface area contributed by atoms with E-state index in [1.54, 1.807) is 17.7 Å². The van der Waals surface area contributed by atoms with Crippen molar-refractivity contribution in [1.82, 2.24) is 9.78 Å². The fourth-order valence-corrected chi connectivity index (χ4v) is 3.71. The predicted octanol–water partition coefficient (Wildman–Crippen LogP) is 4.55. The summed E-state index contributed by atoms with van der Waals surface area (Å²) >= 11 is 1.07. The molecule has 1 aromatic heterocycles. The molecule has 1 heterocycles. The summed E-state index contributed by atoms with van der Waals surface area (Å²) < 4.78 is 19.7. The molecule has 0 aliphatic carbocycles. The minimum absolute atomic E-state index is 0.00825. The van der Waals surface area contributed by atoms with Crippen molar-refractivity contribution in [3.05, 3.63) is 72.2 Å². The van der Waals surface area contributed by atoms with Crippen molar-refractivity contribution in [3.8, 4) is 5.69 Å². The van der Waals surface area contributed by atoms with Crippen LogP contribution in [0.1, 0.15) is 33.4 Å². The molecule has 0 fully saturated rings. The van der Waals surface area contributed by atoms with Crippen molar-refractivity contribution < 1.29 is 23.5 Å². The minimum atomic E-state index is -0.667. The average Bonchev–Trinajstić information content (AvgIpc) is 3.27. The van der Waals surface area contributed by atoms with Gasteiger partial charge in [0.1, 0.15) is 16.9 Å². The van der Waals surface area contributed by atoms with Gasteiger partial charge in [-0.25, -0.2) is 9.07 Å². The number of amides is 2. The number of nitrogens with zero attached hydrogens (tertiary/aromatic N) is 2. The van der Waals surface area contributed by atoms with Gasteiger partial charge >= 0.3 is 5.97 Å². The minimum Gasteiger partial charge on any atom is -0.455 e. The fourth-order valence-electron chi connectivity index (χ4n) is 3.03. The van der Waals surface area contributed by atoms with E-state index in [9.17, 15) is 18.8 Å². The van der Waals surface area contributed by atoms with Crippen molar-refractivity contribution in [1.29, 1.82) is 0 Å². The first-order chi connectivity index (χ1) is 17.0. The van der Waals surface area contributed by atoms with E-state index in [1.165, 1.54) is 24.3 Å². The molecular formula is C26H29FN4O4S. The van der Waals surface area contributed by atoms with E-state index < -0.39 is 29.6 Å². The number of carbonyl (C=O) groups is 3. The van der Waals surface area contributed by atoms with Crippen LogP contribution in [0.3, 0.4) is 0 Å². The number of hydrogen-bond donors (Lipinski definition) is 2. The number of thioether (sulfide) groups is 1. The molecule has 10 heteroatoms. The number of carbonyl (C=O) groups excluding carboxylic acids is 3. The Morgan fingerprint density at radius 3 is 2.33 bits per heavy atom. The average molecular weight is 513 g/mol. The zero-order valence-electron chi connectivity index (χ0n) is 20.6. The van der Waals surface area contributed by atoms with E-state index in [-0.39, 0.29) is 17.1 Å². The van der Waals surface area contributed by atoms with E-state index in [2.05, 4.69) is 15.7 Å². The number of aromatic nitrogens is 2. The lowest BCUT2D eigenvalue weighted by Crippen LogP contribution is -2.26. The Labute approximate surface area is 213 Å². The van der Waals surface area contributed by atoms with E-state index in [0.29, 0.717) is 11.5 Å². The highest BCUT2D eigenvalue weighted by molar-refractivity contribution is 8.01. The molecule has 3 aromatic rings. The Hall–Kier alpha value is -3.66. The van der Waals surface area contributed by atoms with Crippen LogP contribution in [0.2, 0.25) is 0 Å². The Bertz CT molecular complexity index is 1210. The molecule has 36 heavy (non-hydrogen) atoms. The monoisotopic (exact) mass is 512 g/mol. The van der Waals surface area contributed by atoms with E-state index in [0.717, 1.165) is 23.1 Å². The SMILES string of the molecule is C[C@@H](SCC(=O)Nc1ccc(F)cc1)C(=O)OCC(=O)Nc1cc(C(C)(C)C)nn1-c1ccccc1. The first kappa shape index (κ1) is 26.9. The number of nitrogens with one attached hydrogen (secondary N) is 2. The third-order valence-corrected chi connectivity index (χ3v) is 6.14. The van der Waals surface area contributed by atoms with Gasteiger partial charge in [0.2, 0.25) is 5.91 Å². The summed E-state index contributed by atoms with van der Waals surface area (Å²) in [5.41, 5.74) is 1.80. The summed E-state index contributed by atoms with van der Waals surface area (Å²) in [7, 11) is 0. The summed E-state index contributed by atoms with van der Waals surface area (Å²) in [5, 5.41) is 9.36. The molecule has 0 bridgehead atoms. The number of benzene rings is 2. The van der Waals surface area contributed by atoms with Crippen LogP contribution in [0.5, 0.6) is 0 Å². The Balaban J connectivity index is 1.51. The van der Waals surface area contributed by atoms with Gasteiger partial charge in [-0.1, -0.05) is 39.0 Å². The van der Waals surface area contributed by atoms with Crippen LogP contribution in [0.15, 0.2) is 60.7 Å². The van der Waals surface area contributed by atoms with Gasteiger partial charge in [-0.3, -0.25) is 14.4 Å². The van der Waals surface area contributed by atoms with Gasteiger partial charge in [-0.05, 0) is 43.3 Å². The zero-order chi connectivity index (χ0) is 26.3. The second kappa shape index (κ2) is 11.9. The number of hydrogen-bond acceptors (Lipinski definition) is 6. The second-order valence-corrected chi connectivity index (χ2v) is 10.4. The normalized spacial score (nSPS) is 12.0. The maximum atomic E-state index is 13.0. The molecule has 0 aliphatic heterocycles. The van der Waals surface area contributed by atoms with Crippen molar-refractivity contribution in [3.63, 3.8) is 0 Å². The van der Waals surface area contributed by atoms with Gasteiger partial charge in [0.25, 0.3) is 5.91 Å². The van der Waals surface area contributed by atoms with Crippen LogP contribution in [-0.2, 0) is 24.5 Å². The van der Waals surface area contributed by atoms with Crippen LogP contribution < -0.4 is 10.6 Å². The van der Waals surface area contributed by atoms with Gasteiger partial charge in [-0.15, -0.1) is 11.8 Å². The number of para-hydroxylation sites is 1. The summed E-state index contributed by atoms with van der Waals surface area (Å²) in [6, 6.07) is 16.6. The molecule has 2 amide bonds. The topological polar surface area (TPSA) is 102 Å². The van der Waals surface area contributed by atoms with Crippen LogP contribution in [0.25, 0.3) is 5.69 Å². The van der Waals surface area contributed by atoms with Crippen LogP contribution >= 0.6 is 11.8 Å². The van der Waals surface area contributed by atoms with Gasteiger partial charge in [0.05, 0.1) is 17.1 Å². The third kappa shape index (κ3) is 7.67. The number of esters is 1. The number of ether oxygens (including phenoxy) is 1.